The normalized spacial score (nSPS) is 14.7. The smallest absolute Gasteiger partial charge is 0.237 e. The van der Waals surface area contributed by atoms with Gasteiger partial charge in [0.25, 0.3) is 0 Å². The van der Waals surface area contributed by atoms with Crippen LogP contribution in [-0.4, -0.2) is 47.9 Å². The number of carbonyl (C=O) groups is 2. The van der Waals surface area contributed by atoms with E-state index < -0.39 is 5.41 Å². The van der Waals surface area contributed by atoms with Gasteiger partial charge in [-0.2, -0.15) is 0 Å². The second kappa shape index (κ2) is 8.42. The maximum Gasteiger partial charge on any atom is 0.237 e. The lowest BCUT2D eigenvalue weighted by Crippen LogP contribution is -2.55. The summed E-state index contributed by atoms with van der Waals surface area (Å²) in [5.74, 6) is -0.387. The van der Waals surface area contributed by atoms with Crippen LogP contribution in [0, 0.1) is 12.3 Å². The van der Waals surface area contributed by atoms with Gasteiger partial charge in [0.1, 0.15) is 5.41 Å². The first kappa shape index (κ1) is 19.9. The number of hydrogen-bond donors (Lipinski definition) is 1. The highest BCUT2D eigenvalue weighted by Gasteiger charge is 2.39. The molecule has 0 aliphatic carbocycles. The SMILES string of the molecule is Cc1cccc(N2CCN(C(=O)C(C)(C)C(=O)NCc3cccnc3)CC2)c1. The van der Waals surface area contributed by atoms with Crippen molar-refractivity contribution >= 4 is 17.5 Å². The number of aryl methyl sites for hydroxylation is 1. The molecule has 0 spiro atoms. The van der Waals surface area contributed by atoms with Crippen molar-refractivity contribution < 1.29 is 9.59 Å². The number of pyridine rings is 1. The Morgan fingerprint density at radius 3 is 2.50 bits per heavy atom. The van der Waals surface area contributed by atoms with Crippen LogP contribution < -0.4 is 10.2 Å². The number of carbonyl (C=O) groups excluding carboxylic acids is 2. The van der Waals surface area contributed by atoms with E-state index in [1.165, 1.54) is 11.3 Å². The molecule has 2 heterocycles. The number of rotatable bonds is 5. The molecule has 6 nitrogen and oxygen atoms in total. The van der Waals surface area contributed by atoms with Crippen LogP contribution in [0.25, 0.3) is 0 Å². The zero-order chi connectivity index (χ0) is 20.1. The highest BCUT2D eigenvalue weighted by molar-refractivity contribution is 6.04. The Balaban J connectivity index is 1.56. The monoisotopic (exact) mass is 380 g/mol. The molecule has 1 aliphatic rings. The Morgan fingerprint density at radius 1 is 1.11 bits per heavy atom. The summed E-state index contributed by atoms with van der Waals surface area (Å²) in [6, 6.07) is 12.1. The molecule has 1 fully saturated rings. The second-order valence-electron chi connectivity index (χ2n) is 7.79. The van der Waals surface area contributed by atoms with Gasteiger partial charge in [0.15, 0.2) is 0 Å². The molecular formula is C22H28N4O2. The van der Waals surface area contributed by atoms with Crippen molar-refractivity contribution in [3.05, 3.63) is 59.9 Å². The van der Waals surface area contributed by atoms with Crippen molar-refractivity contribution in [2.75, 3.05) is 31.1 Å². The molecule has 2 aromatic rings. The third-order valence-corrected chi connectivity index (χ3v) is 5.21. The van der Waals surface area contributed by atoms with Crippen LogP contribution in [0.4, 0.5) is 5.69 Å². The summed E-state index contributed by atoms with van der Waals surface area (Å²) in [5, 5.41) is 2.86. The van der Waals surface area contributed by atoms with Crippen LogP contribution in [0.1, 0.15) is 25.0 Å². The average Bonchev–Trinajstić information content (AvgIpc) is 2.72. The number of amides is 2. The molecular weight excluding hydrogens is 352 g/mol. The van der Waals surface area contributed by atoms with E-state index in [9.17, 15) is 9.59 Å². The van der Waals surface area contributed by atoms with Crippen LogP contribution in [0.15, 0.2) is 48.8 Å². The van der Waals surface area contributed by atoms with E-state index in [-0.39, 0.29) is 11.8 Å². The standard InChI is InChI=1S/C22H28N4O2/c1-17-6-4-8-19(14-17)25-10-12-26(13-11-25)21(28)22(2,3)20(27)24-16-18-7-5-9-23-15-18/h4-9,14-15H,10-13,16H2,1-3H3,(H,24,27). The molecule has 6 heteroatoms. The molecule has 3 rings (SSSR count). The molecule has 1 aromatic heterocycles. The van der Waals surface area contributed by atoms with E-state index in [0.29, 0.717) is 19.6 Å². The van der Waals surface area contributed by atoms with Gasteiger partial charge in [0.2, 0.25) is 11.8 Å². The van der Waals surface area contributed by atoms with E-state index in [1.54, 1.807) is 31.1 Å². The number of nitrogens with zero attached hydrogens (tertiary/aromatic N) is 3. The van der Waals surface area contributed by atoms with Crippen molar-refractivity contribution in [1.29, 1.82) is 0 Å². The first-order valence-electron chi connectivity index (χ1n) is 9.66. The summed E-state index contributed by atoms with van der Waals surface area (Å²) in [5.41, 5.74) is 2.21. The summed E-state index contributed by atoms with van der Waals surface area (Å²) in [4.78, 5) is 33.8. The molecule has 1 saturated heterocycles. The summed E-state index contributed by atoms with van der Waals surface area (Å²) in [7, 11) is 0. The van der Waals surface area contributed by atoms with E-state index in [4.69, 9.17) is 0 Å². The van der Waals surface area contributed by atoms with Gasteiger partial charge >= 0.3 is 0 Å². The number of anilines is 1. The van der Waals surface area contributed by atoms with Crippen molar-refractivity contribution in [1.82, 2.24) is 15.2 Å². The highest BCUT2D eigenvalue weighted by atomic mass is 16.2. The van der Waals surface area contributed by atoms with Crippen LogP contribution in [0.5, 0.6) is 0 Å². The fourth-order valence-corrected chi connectivity index (χ4v) is 3.39. The highest BCUT2D eigenvalue weighted by Crippen LogP contribution is 2.23. The van der Waals surface area contributed by atoms with Crippen LogP contribution in [0.3, 0.4) is 0 Å². The molecule has 148 valence electrons. The zero-order valence-electron chi connectivity index (χ0n) is 16.8. The maximum atomic E-state index is 13.0. The molecule has 0 saturated carbocycles. The van der Waals surface area contributed by atoms with Gasteiger partial charge in [-0.25, -0.2) is 0 Å². The molecule has 2 amide bonds. The Kier molecular flexibility index (Phi) is 5.97. The van der Waals surface area contributed by atoms with E-state index in [2.05, 4.69) is 46.4 Å². The van der Waals surface area contributed by atoms with E-state index in [0.717, 1.165) is 18.7 Å². The molecule has 1 N–H and O–H groups in total. The second-order valence-corrected chi connectivity index (χ2v) is 7.79. The minimum absolute atomic E-state index is 0.125. The van der Waals surface area contributed by atoms with Crippen molar-refractivity contribution in [2.45, 2.75) is 27.3 Å². The first-order chi connectivity index (χ1) is 13.4. The predicted molar refractivity (Wildman–Crippen MR) is 110 cm³/mol. The fraction of sp³-hybridized carbons (Fsp3) is 0.409. The largest absolute Gasteiger partial charge is 0.368 e. The lowest BCUT2D eigenvalue weighted by molar-refractivity contribution is -0.148. The third kappa shape index (κ3) is 4.50. The minimum Gasteiger partial charge on any atom is -0.368 e. The average molecular weight is 380 g/mol. The van der Waals surface area contributed by atoms with Crippen molar-refractivity contribution in [3.8, 4) is 0 Å². The fourth-order valence-electron chi connectivity index (χ4n) is 3.39. The van der Waals surface area contributed by atoms with Crippen LogP contribution in [-0.2, 0) is 16.1 Å². The zero-order valence-corrected chi connectivity index (χ0v) is 16.8. The lowest BCUT2D eigenvalue weighted by atomic mass is 9.90. The number of benzene rings is 1. The first-order valence-corrected chi connectivity index (χ1v) is 9.66. The Morgan fingerprint density at radius 2 is 1.86 bits per heavy atom. The molecule has 1 aliphatic heterocycles. The molecule has 0 atom stereocenters. The number of nitrogens with one attached hydrogen (secondary N) is 1. The van der Waals surface area contributed by atoms with Gasteiger partial charge in [-0.05, 0) is 50.1 Å². The third-order valence-electron chi connectivity index (χ3n) is 5.21. The van der Waals surface area contributed by atoms with Crippen LogP contribution in [0.2, 0.25) is 0 Å². The summed E-state index contributed by atoms with van der Waals surface area (Å²) in [6.45, 7) is 8.60. The van der Waals surface area contributed by atoms with Gasteiger partial charge in [-0.1, -0.05) is 18.2 Å². The molecule has 1 aromatic carbocycles. The molecule has 0 unspecified atom stereocenters. The number of piperazine rings is 1. The van der Waals surface area contributed by atoms with Gasteiger partial charge in [0.05, 0.1) is 0 Å². The van der Waals surface area contributed by atoms with Gasteiger partial charge < -0.3 is 15.1 Å². The maximum absolute atomic E-state index is 13.0. The molecule has 28 heavy (non-hydrogen) atoms. The van der Waals surface area contributed by atoms with Crippen molar-refractivity contribution in [2.24, 2.45) is 5.41 Å². The number of aromatic nitrogens is 1. The summed E-state index contributed by atoms with van der Waals surface area (Å²) in [6.07, 6.45) is 3.40. The van der Waals surface area contributed by atoms with E-state index >= 15 is 0 Å². The summed E-state index contributed by atoms with van der Waals surface area (Å²) < 4.78 is 0. The Bertz CT molecular complexity index is 827. The lowest BCUT2D eigenvalue weighted by Gasteiger charge is -2.39. The van der Waals surface area contributed by atoms with Gasteiger partial charge in [-0.3, -0.25) is 14.6 Å². The van der Waals surface area contributed by atoms with Gasteiger partial charge in [-0.15, -0.1) is 0 Å². The summed E-state index contributed by atoms with van der Waals surface area (Å²) >= 11 is 0. The molecule has 0 bridgehead atoms. The van der Waals surface area contributed by atoms with Crippen LogP contribution >= 0.6 is 0 Å². The minimum atomic E-state index is -1.10. The van der Waals surface area contributed by atoms with Crippen molar-refractivity contribution in [3.63, 3.8) is 0 Å². The Labute approximate surface area is 166 Å². The number of hydrogen-bond acceptors (Lipinski definition) is 4. The van der Waals surface area contributed by atoms with Gasteiger partial charge in [0, 0.05) is 50.8 Å². The quantitative estimate of drug-likeness (QED) is 0.809. The topological polar surface area (TPSA) is 65.5 Å². The Hall–Kier alpha value is -2.89. The predicted octanol–water partition coefficient (Wildman–Crippen LogP) is 2.38. The molecule has 0 radical (unpaired) electrons. The van der Waals surface area contributed by atoms with E-state index in [1.807, 2.05) is 12.1 Å².